The van der Waals surface area contributed by atoms with Crippen LogP contribution in [-0.2, 0) is 0 Å². The van der Waals surface area contributed by atoms with E-state index in [1.54, 1.807) is 43.3 Å². The van der Waals surface area contributed by atoms with Crippen molar-refractivity contribution in [1.82, 2.24) is 0 Å². The Kier molecular flexibility index (Phi) is 4.27. The molecule has 0 unspecified atom stereocenters. The topological polar surface area (TPSA) is 65.7 Å². The number of esters is 1. The Morgan fingerprint density at radius 1 is 1.08 bits per heavy atom. The van der Waals surface area contributed by atoms with Crippen molar-refractivity contribution in [3.63, 3.8) is 0 Å². The highest BCUT2D eigenvalue weighted by molar-refractivity contribution is 6.31. The highest BCUT2D eigenvalue weighted by Crippen LogP contribution is 2.23. The predicted molar refractivity (Wildman–Crippen MR) is 90.2 cm³/mol. The quantitative estimate of drug-likeness (QED) is 0.408. The summed E-state index contributed by atoms with van der Waals surface area (Å²) >= 11 is 5.94. The van der Waals surface area contributed by atoms with Crippen LogP contribution in [0.15, 0.2) is 51.7 Å². The molecule has 0 aliphatic heterocycles. The van der Waals surface area contributed by atoms with Crippen molar-refractivity contribution in [2.24, 2.45) is 0 Å². The first-order chi connectivity index (χ1) is 11.5. The Balaban J connectivity index is 1.97. The Bertz CT molecular complexity index is 990. The van der Waals surface area contributed by atoms with E-state index >= 15 is 0 Å². The lowest BCUT2D eigenvalue weighted by atomic mass is 10.2. The fraction of sp³-hybridized carbons (Fsp3) is 0.111. The van der Waals surface area contributed by atoms with Gasteiger partial charge in [0.05, 0.1) is 7.11 Å². The maximum atomic E-state index is 12.3. The molecule has 0 radical (unpaired) electrons. The molecule has 122 valence electrons. The van der Waals surface area contributed by atoms with Crippen LogP contribution in [0.1, 0.15) is 15.9 Å². The maximum Gasteiger partial charge on any atom is 0.351 e. The standard InChI is InChI=1S/C18H13ClO5/c1-10-7-13(3-5-15(10)19)23-17(20)14-9-11-8-12(22-2)4-6-16(11)24-18(14)21/h3-9H,1-2H3. The zero-order valence-electron chi connectivity index (χ0n) is 13.0. The number of rotatable bonds is 3. The van der Waals surface area contributed by atoms with Gasteiger partial charge in [-0.3, -0.25) is 0 Å². The molecular weight excluding hydrogens is 332 g/mol. The van der Waals surface area contributed by atoms with Crippen molar-refractivity contribution in [3.05, 3.63) is 69.0 Å². The lowest BCUT2D eigenvalue weighted by Gasteiger charge is -2.06. The van der Waals surface area contributed by atoms with E-state index in [9.17, 15) is 9.59 Å². The number of methoxy groups -OCH3 is 1. The van der Waals surface area contributed by atoms with E-state index in [1.165, 1.54) is 13.2 Å². The van der Waals surface area contributed by atoms with Gasteiger partial charge in [-0.05, 0) is 55.0 Å². The second-order valence-corrected chi connectivity index (χ2v) is 5.56. The van der Waals surface area contributed by atoms with Crippen molar-refractivity contribution in [3.8, 4) is 11.5 Å². The van der Waals surface area contributed by atoms with Gasteiger partial charge in [-0.15, -0.1) is 0 Å². The molecule has 2 aromatic carbocycles. The molecule has 3 rings (SSSR count). The average Bonchev–Trinajstić information content (AvgIpc) is 2.57. The van der Waals surface area contributed by atoms with E-state index in [0.717, 1.165) is 5.56 Å². The van der Waals surface area contributed by atoms with Crippen LogP contribution < -0.4 is 15.1 Å². The minimum absolute atomic E-state index is 0.191. The Labute approximate surface area is 142 Å². The molecule has 1 heterocycles. The second-order valence-electron chi connectivity index (χ2n) is 5.15. The molecule has 5 nitrogen and oxygen atoms in total. The number of carbonyl (C=O) groups is 1. The number of hydrogen-bond acceptors (Lipinski definition) is 5. The van der Waals surface area contributed by atoms with Gasteiger partial charge < -0.3 is 13.9 Å². The second kappa shape index (κ2) is 6.37. The summed E-state index contributed by atoms with van der Waals surface area (Å²) in [6, 6.07) is 11.2. The van der Waals surface area contributed by atoms with Gasteiger partial charge in [-0.2, -0.15) is 0 Å². The van der Waals surface area contributed by atoms with Crippen molar-refractivity contribution in [2.75, 3.05) is 7.11 Å². The van der Waals surface area contributed by atoms with E-state index < -0.39 is 11.6 Å². The zero-order valence-corrected chi connectivity index (χ0v) is 13.7. The summed E-state index contributed by atoms with van der Waals surface area (Å²) in [6.45, 7) is 1.79. The third-order valence-corrected chi connectivity index (χ3v) is 3.92. The summed E-state index contributed by atoms with van der Waals surface area (Å²) in [5.41, 5.74) is 0.170. The van der Waals surface area contributed by atoms with Crippen molar-refractivity contribution < 1.29 is 18.7 Å². The minimum Gasteiger partial charge on any atom is -0.497 e. The molecule has 0 aliphatic rings. The molecular formula is C18H13ClO5. The summed E-state index contributed by atoms with van der Waals surface area (Å²) in [7, 11) is 1.53. The molecule has 0 atom stereocenters. The normalized spacial score (nSPS) is 10.6. The van der Waals surface area contributed by atoms with Gasteiger partial charge in [-0.1, -0.05) is 11.6 Å². The molecule has 0 N–H and O–H groups in total. The van der Waals surface area contributed by atoms with Crippen molar-refractivity contribution in [1.29, 1.82) is 0 Å². The summed E-state index contributed by atoms with van der Waals surface area (Å²) in [5.74, 6) is 0.0891. The van der Waals surface area contributed by atoms with Crippen LogP contribution in [0, 0.1) is 6.92 Å². The molecule has 0 amide bonds. The number of hydrogen-bond donors (Lipinski definition) is 0. The fourth-order valence-corrected chi connectivity index (χ4v) is 2.33. The SMILES string of the molecule is COc1ccc2oc(=O)c(C(=O)Oc3ccc(Cl)c(C)c3)cc2c1. The van der Waals surface area contributed by atoms with Crippen LogP contribution in [0.5, 0.6) is 11.5 Å². The van der Waals surface area contributed by atoms with Gasteiger partial charge in [0.2, 0.25) is 0 Å². The van der Waals surface area contributed by atoms with E-state index in [0.29, 0.717) is 27.5 Å². The van der Waals surface area contributed by atoms with Crippen LogP contribution in [0.2, 0.25) is 5.02 Å². The molecule has 6 heteroatoms. The number of aryl methyl sites for hydroxylation is 1. The lowest BCUT2D eigenvalue weighted by Crippen LogP contribution is -2.18. The first-order valence-electron chi connectivity index (χ1n) is 7.08. The molecule has 3 aromatic rings. The highest BCUT2D eigenvalue weighted by atomic mass is 35.5. The summed E-state index contributed by atoms with van der Waals surface area (Å²) in [4.78, 5) is 24.3. The molecule has 0 bridgehead atoms. The van der Waals surface area contributed by atoms with Crippen LogP contribution in [0.3, 0.4) is 0 Å². The van der Waals surface area contributed by atoms with Crippen LogP contribution >= 0.6 is 11.6 Å². The number of ether oxygens (including phenoxy) is 2. The maximum absolute atomic E-state index is 12.3. The van der Waals surface area contributed by atoms with Crippen molar-refractivity contribution in [2.45, 2.75) is 6.92 Å². The Morgan fingerprint density at radius 2 is 1.83 bits per heavy atom. The lowest BCUT2D eigenvalue weighted by molar-refractivity contribution is 0.0730. The van der Waals surface area contributed by atoms with Gasteiger partial charge in [0.15, 0.2) is 0 Å². The van der Waals surface area contributed by atoms with Crippen LogP contribution in [0.25, 0.3) is 11.0 Å². The number of benzene rings is 2. The molecule has 0 saturated carbocycles. The fourth-order valence-electron chi connectivity index (χ4n) is 2.21. The van der Waals surface area contributed by atoms with Gasteiger partial charge in [0.25, 0.3) is 0 Å². The number of halogens is 1. The molecule has 0 saturated heterocycles. The summed E-state index contributed by atoms with van der Waals surface area (Å²) < 4.78 is 15.5. The average molecular weight is 345 g/mol. The van der Waals surface area contributed by atoms with Crippen LogP contribution in [-0.4, -0.2) is 13.1 Å². The van der Waals surface area contributed by atoms with E-state index in [4.69, 9.17) is 25.5 Å². The zero-order chi connectivity index (χ0) is 17.3. The van der Waals surface area contributed by atoms with E-state index in [2.05, 4.69) is 0 Å². The van der Waals surface area contributed by atoms with Gasteiger partial charge in [0.1, 0.15) is 22.6 Å². The Hall–Kier alpha value is -2.79. The van der Waals surface area contributed by atoms with Gasteiger partial charge >= 0.3 is 11.6 Å². The predicted octanol–water partition coefficient (Wildman–Crippen LogP) is 3.98. The van der Waals surface area contributed by atoms with Crippen LogP contribution in [0.4, 0.5) is 0 Å². The summed E-state index contributed by atoms with van der Waals surface area (Å²) in [5, 5.41) is 1.13. The Morgan fingerprint density at radius 3 is 2.54 bits per heavy atom. The molecule has 0 fully saturated rings. The van der Waals surface area contributed by atoms with Gasteiger partial charge in [0, 0.05) is 10.4 Å². The largest absolute Gasteiger partial charge is 0.497 e. The minimum atomic E-state index is -0.796. The summed E-state index contributed by atoms with van der Waals surface area (Å²) in [6.07, 6.45) is 0. The molecule has 24 heavy (non-hydrogen) atoms. The molecule has 0 aliphatic carbocycles. The molecule has 1 aromatic heterocycles. The van der Waals surface area contributed by atoms with Crippen molar-refractivity contribution >= 4 is 28.5 Å². The number of fused-ring (bicyclic) bond motifs is 1. The first-order valence-corrected chi connectivity index (χ1v) is 7.46. The third kappa shape index (κ3) is 3.12. The highest BCUT2D eigenvalue weighted by Gasteiger charge is 2.17. The third-order valence-electron chi connectivity index (χ3n) is 3.50. The van der Waals surface area contributed by atoms with E-state index in [1.807, 2.05) is 0 Å². The monoisotopic (exact) mass is 344 g/mol. The van der Waals surface area contributed by atoms with E-state index in [-0.39, 0.29) is 5.56 Å². The molecule has 0 spiro atoms. The smallest absolute Gasteiger partial charge is 0.351 e. The van der Waals surface area contributed by atoms with Gasteiger partial charge in [-0.25, -0.2) is 9.59 Å². The number of carbonyl (C=O) groups excluding carboxylic acids is 1. The first kappa shape index (κ1) is 16.1.